The maximum Gasteiger partial charge on any atom is 0.269 e. The van der Waals surface area contributed by atoms with Gasteiger partial charge in [0, 0.05) is 24.3 Å². The number of hydrogen-bond acceptors (Lipinski definition) is 3. The fraction of sp³-hybridized carbons (Fsp3) is 0. The van der Waals surface area contributed by atoms with E-state index in [0.717, 1.165) is 27.3 Å². The molecular weight excluding hydrogens is 344 g/mol. The number of hydrogen-bond donors (Lipinski definition) is 0. The Hall–Kier alpha value is -3.31. The lowest BCUT2D eigenvalue weighted by atomic mass is 10.0. The van der Waals surface area contributed by atoms with Gasteiger partial charge < -0.3 is 0 Å². The molecule has 0 fully saturated rings. The molecule has 5 heteroatoms. The third kappa shape index (κ3) is 3.12. The molecule has 0 saturated carbocycles. The number of nitro groups is 1. The lowest BCUT2D eigenvalue weighted by Gasteiger charge is -1.99. The SMILES string of the molecule is O=[N+]([O-])c1ccc(-[n+]2cc(-c3ccccc3)c(-c3ccccc3)s2)cc1. The van der Waals surface area contributed by atoms with E-state index in [9.17, 15) is 10.1 Å². The summed E-state index contributed by atoms with van der Waals surface area (Å²) in [6.45, 7) is 0. The summed E-state index contributed by atoms with van der Waals surface area (Å²) in [7, 11) is 0. The minimum Gasteiger partial charge on any atom is -0.258 e. The molecule has 4 nitrogen and oxygen atoms in total. The predicted molar refractivity (Wildman–Crippen MR) is 103 cm³/mol. The van der Waals surface area contributed by atoms with Gasteiger partial charge in [0.2, 0.25) is 5.69 Å². The quantitative estimate of drug-likeness (QED) is 0.283. The summed E-state index contributed by atoms with van der Waals surface area (Å²) in [5.74, 6) is 0. The third-order valence-corrected chi connectivity index (χ3v) is 5.27. The van der Waals surface area contributed by atoms with Crippen molar-refractivity contribution in [3.8, 4) is 27.3 Å². The van der Waals surface area contributed by atoms with Gasteiger partial charge in [-0.2, -0.15) is 0 Å². The molecule has 4 aromatic rings. The van der Waals surface area contributed by atoms with Crippen molar-refractivity contribution in [3.63, 3.8) is 0 Å². The fourth-order valence-corrected chi connectivity index (χ4v) is 3.91. The number of rotatable bonds is 4. The van der Waals surface area contributed by atoms with Crippen LogP contribution in [-0.4, -0.2) is 4.92 Å². The van der Waals surface area contributed by atoms with E-state index in [-0.39, 0.29) is 10.6 Å². The van der Waals surface area contributed by atoms with Crippen LogP contribution < -0.4 is 3.96 Å². The average Bonchev–Trinajstić information content (AvgIpc) is 3.15. The highest BCUT2D eigenvalue weighted by molar-refractivity contribution is 7.06. The molecule has 0 spiro atoms. The van der Waals surface area contributed by atoms with E-state index in [4.69, 9.17) is 0 Å². The first-order valence-electron chi connectivity index (χ1n) is 8.14. The minimum atomic E-state index is -0.381. The topological polar surface area (TPSA) is 47.0 Å². The lowest BCUT2D eigenvalue weighted by Crippen LogP contribution is -2.23. The average molecular weight is 359 g/mol. The molecule has 1 heterocycles. The van der Waals surface area contributed by atoms with Crippen molar-refractivity contribution in [2.75, 3.05) is 0 Å². The first kappa shape index (κ1) is 16.2. The second-order valence-corrected chi connectivity index (χ2v) is 6.78. The van der Waals surface area contributed by atoms with Gasteiger partial charge in [0.05, 0.1) is 10.5 Å². The van der Waals surface area contributed by atoms with Crippen LogP contribution in [0.1, 0.15) is 0 Å². The number of aromatic nitrogens is 1. The van der Waals surface area contributed by atoms with E-state index in [0.29, 0.717) is 0 Å². The molecule has 1 aromatic heterocycles. The molecule has 0 N–H and O–H groups in total. The smallest absolute Gasteiger partial charge is 0.258 e. The molecule has 0 aliphatic carbocycles. The van der Waals surface area contributed by atoms with Crippen molar-refractivity contribution < 1.29 is 8.88 Å². The van der Waals surface area contributed by atoms with Gasteiger partial charge in [0.25, 0.3) is 5.69 Å². The fourth-order valence-electron chi connectivity index (χ4n) is 2.82. The molecule has 126 valence electrons. The van der Waals surface area contributed by atoms with Crippen LogP contribution in [0.25, 0.3) is 27.3 Å². The Labute approximate surface area is 154 Å². The zero-order chi connectivity index (χ0) is 17.9. The Bertz CT molecular complexity index is 986. The Balaban J connectivity index is 1.85. The molecule has 0 unspecified atom stereocenters. The van der Waals surface area contributed by atoms with Crippen LogP contribution in [0.15, 0.2) is 91.1 Å². The van der Waals surface area contributed by atoms with Crippen molar-refractivity contribution in [3.05, 3.63) is 101 Å². The standard InChI is InChI=1S/C21H15N2O2S/c24-23(25)19-13-11-18(12-14-19)22-15-20(16-7-3-1-4-8-16)21(26-22)17-9-5-2-6-10-17/h1-15H/q+1. The van der Waals surface area contributed by atoms with Crippen molar-refractivity contribution in [1.29, 1.82) is 0 Å². The highest BCUT2D eigenvalue weighted by Crippen LogP contribution is 2.34. The molecular formula is C21H15N2O2S+. The summed E-state index contributed by atoms with van der Waals surface area (Å²) in [6.07, 6.45) is 2.09. The summed E-state index contributed by atoms with van der Waals surface area (Å²) in [5, 5.41) is 10.9. The summed E-state index contributed by atoms with van der Waals surface area (Å²) < 4.78 is 2.05. The van der Waals surface area contributed by atoms with Crippen LogP contribution >= 0.6 is 11.5 Å². The Morgan fingerprint density at radius 2 is 1.35 bits per heavy atom. The lowest BCUT2D eigenvalue weighted by molar-refractivity contribution is -0.519. The van der Waals surface area contributed by atoms with E-state index < -0.39 is 0 Å². The van der Waals surface area contributed by atoms with Gasteiger partial charge in [0.1, 0.15) is 16.4 Å². The van der Waals surface area contributed by atoms with Gasteiger partial charge in [-0.05, 0) is 11.1 Å². The monoisotopic (exact) mass is 359 g/mol. The Morgan fingerprint density at radius 1 is 0.769 bits per heavy atom. The third-order valence-electron chi connectivity index (χ3n) is 4.12. The van der Waals surface area contributed by atoms with Gasteiger partial charge >= 0.3 is 0 Å². The number of nitro benzene ring substituents is 1. The van der Waals surface area contributed by atoms with Crippen LogP contribution in [0, 0.1) is 10.1 Å². The van der Waals surface area contributed by atoms with Gasteiger partial charge in [-0.1, -0.05) is 60.7 Å². The van der Waals surface area contributed by atoms with Crippen LogP contribution in [0.3, 0.4) is 0 Å². The highest BCUT2D eigenvalue weighted by Gasteiger charge is 2.21. The first-order chi connectivity index (χ1) is 12.7. The highest BCUT2D eigenvalue weighted by atomic mass is 32.1. The molecule has 0 amide bonds. The van der Waals surface area contributed by atoms with Crippen molar-refractivity contribution in [2.45, 2.75) is 0 Å². The second kappa shape index (κ2) is 6.90. The Morgan fingerprint density at radius 3 is 1.92 bits per heavy atom. The predicted octanol–water partition coefficient (Wildman–Crippen LogP) is 5.27. The normalized spacial score (nSPS) is 10.6. The molecule has 0 aliphatic heterocycles. The number of non-ortho nitro benzene ring substituents is 1. The summed E-state index contributed by atoms with van der Waals surface area (Å²) >= 11 is 1.62. The van der Waals surface area contributed by atoms with Gasteiger partial charge in [-0.15, -0.1) is 3.96 Å². The van der Waals surface area contributed by atoms with Gasteiger partial charge in [-0.25, -0.2) is 0 Å². The molecule has 0 bridgehead atoms. The van der Waals surface area contributed by atoms with Crippen LogP contribution in [0.2, 0.25) is 0 Å². The molecule has 26 heavy (non-hydrogen) atoms. The van der Waals surface area contributed by atoms with Crippen molar-refractivity contribution >= 4 is 17.2 Å². The first-order valence-corrected chi connectivity index (χ1v) is 8.91. The molecule has 0 saturated heterocycles. The summed E-state index contributed by atoms with van der Waals surface area (Å²) in [5.41, 5.74) is 4.43. The van der Waals surface area contributed by atoms with Crippen molar-refractivity contribution in [2.24, 2.45) is 0 Å². The van der Waals surface area contributed by atoms with E-state index in [1.165, 1.54) is 12.1 Å². The molecule has 0 aliphatic rings. The van der Waals surface area contributed by atoms with Gasteiger partial charge in [0.15, 0.2) is 6.20 Å². The van der Waals surface area contributed by atoms with Crippen LogP contribution in [0.5, 0.6) is 0 Å². The Kier molecular flexibility index (Phi) is 4.29. The molecule has 3 aromatic carbocycles. The van der Waals surface area contributed by atoms with Gasteiger partial charge in [-0.3, -0.25) is 10.1 Å². The number of nitrogens with zero attached hydrogens (tertiary/aromatic N) is 2. The van der Waals surface area contributed by atoms with E-state index in [1.54, 1.807) is 23.7 Å². The minimum absolute atomic E-state index is 0.0949. The summed E-state index contributed by atoms with van der Waals surface area (Å²) in [6, 6.07) is 27.1. The zero-order valence-electron chi connectivity index (χ0n) is 13.8. The van der Waals surface area contributed by atoms with Crippen LogP contribution in [-0.2, 0) is 0 Å². The molecule has 4 rings (SSSR count). The molecule has 0 radical (unpaired) electrons. The zero-order valence-corrected chi connectivity index (χ0v) is 14.6. The number of benzene rings is 3. The maximum atomic E-state index is 10.9. The second-order valence-electron chi connectivity index (χ2n) is 5.79. The van der Waals surface area contributed by atoms with E-state index in [1.807, 2.05) is 40.4 Å². The van der Waals surface area contributed by atoms with Crippen molar-refractivity contribution in [1.82, 2.24) is 0 Å². The summed E-state index contributed by atoms with van der Waals surface area (Å²) in [4.78, 5) is 11.7. The maximum absolute atomic E-state index is 10.9. The van der Waals surface area contributed by atoms with E-state index in [2.05, 4.69) is 30.5 Å². The largest absolute Gasteiger partial charge is 0.269 e. The van der Waals surface area contributed by atoms with Crippen LogP contribution in [0.4, 0.5) is 5.69 Å². The molecule has 0 atom stereocenters. The van der Waals surface area contributed by atoms with E-state index >= 15 is 0 Å².